The van der Waals surface area contributed by atoms with Gasteiger partial charge < -0.3 is 9.80 Å². The van der Waals surface area contributed by atoms with Crippen LogP contribution < -0.4 is 0 Å². The van der Waals surface area contributed by atoms with Gasteiger partial charge in [0.05, 0.1) is 0 Å². The number of likely N-dealkylation sites (tertiary alicyclic amines) is 1. The van der Waals surface area contributed by atoms with E-state index in [1.807, 2.05) is 0 Å². The maximum absolute atomic E-state index is 2.61. The number of rotatable bonds is 4. The average molecular weight is 198 g/mol. The van der Waals surface area contributed by atoms with Gasteiger partial charge in [0.1, 0.15) is 0 Å². The zero-order chi connectivity index (χ0) is 10.6. The summed E-state index contributed by atoms with van der Waals surface area (Å²) < 4.78 is 0. The van der Waals surface area contributed by atoms with Gasteiger partial charge in [0.15, 0.2) is 0 Å². The molecule has 0 amide bonds. The molecule has 1 rings (SSSR count). The summed E-state index contributed by atoms with van der Waals surface area (Å²) in [4.78, 5) is 5.21. The molecule has 2 heteroatoms. The number of hydrogen-bond acceptors (Lipinski definition) is 2. The monoisotopic (exact) mass is 198 g/mol. The second-order valence-corrected chi connectivity index (χ2v) is 4.58. The zero-order valence-corrected chi connectivity index (χ0v) is 10.3. The summed E-state index contributed by atoms with van der Waals surface area (Å²) in [5, 5.41) is 0. The highest BCUT2D eigenvalue weighted by Crippen LogP contribution is 2.17. The van der Waals surface area contributed by atoms with E-state index >= 15 is 0 Å². The molecule has 0 unspecified atom stereocenters. The molecule has 0 aromatic rings. The molecule has 1 saturated heterocycles. The Morgan fingerprint density at radius 3 is 2.00 bits per heavy atom. The Hall–Kier alpha value is -0.0800. The van der Waals surface area contributed by atoms with Gasteiger partial charge in [0.2, 0.25) is 0 Å². The minimum Gasteiger partial charge on any atom is -0.301 e. The third-order valence-electron chi connectivity index (χ3n) is 3.56. The Balaban J connectivity index is 2.34. The molecule has 84 valence electrons. The topological polar surface area (TPSA) is 6.48 Å². The van der Waals surface area contributed by atoms with Crippen molar-refractivity contribution in [2.24, 2.45) is 0 Å². The fraction of sp³-hybridized carbons (Fsp3) is 1.00. The molecule has 14 heavy (non-hydrogen) atoms. The smallest absolute Gasteiger partial charge is 0.0119 e. The summed E-state index contributed by atoms with van der Waals surface area (Å²) in [6, 6.07) is 1.58. The van der Waals surface area contributed by atoms with Gasteiger partial charge in [-0.15, -0.1) is 0 Å². The van der Waals surface area contributed by atoms with Gasteiger partial charge >= 0.3 is 0 Å². The molecule has 1 aliphatic heterocycles. The van der Waals surface area contributed by atoms with Crippen LogP contribution in [0.1, 0.15) is 40.5 Å². The van der Waals surface area contributed by atoms with Crippen LogP contribution in [0.3, 0.4) is 0 Å². The van der Waals surface area contributed by atoms with Gasteiger partial charge in [-0.2, -0.15) is 0 Å². The fourth-order valence-electron chi connectivity index (χ4n) is 2.51. The third kappa shape index (κ3) is 2.96. The highest BCUT2D eigenvalue weighted by Gasteiger charge is 2.23. The zero-order valence-electron chi connectivity index (χ0n) is 10.3. The molecule has 0 atom stereocenters. The molecule has 0 radical (unpaired) electrons. The van der Waals surface area contributed by atoms with Crippen LogP contribution in [0.5, 0.6) is 0 Å². The van der Waals surface area contributed by atoms with Gasteiger partial charge in [0.25, 0.3) is 0 Å². The average Bonchev–Trinajstić information content (AvgIpc) is 2.20. The van der Waals surface area contributed by atoms with Crippen LogP contribution in [0.2, 0.25) is 0 Å². The third-order valence-corrected chi connectivity index (χ3v) is 3.56. The highest BCUT2D eigenvalue weighted by atomic mass is 15.2. The lowest BCUT2D eigenvalue weighted by Crippen LogP contribution is -2.46. The predicted octanol–water partition coefficient (Wildman–Crippen LogP) is 2.20. The molecule has 0 saturated carbocycles. The minimum absolute atomic E-state index is 0.729. The van der Waals surface area contributed by atoms with Crippen LogP contribution in [0.15, 0.2) is 0 Å². The molecule has 1 fully saturated rings. The minimum atomic E-state index is 0.729. The predicted molar refractivity (Wildman–Crippen MR) is 62.7 cm³/mol. The second-order valence-electron chi connectivity index (χ2n) is 4.58. The first-order valence-electron chi connectivity index (χ1n) is 6.17. The van der Waals surface area contributed by atoms with Gasteiger partial charge in [-0.05, 0) is 52.9 Å². The van der Waals surface area contributed by atoms with Crippen molar-refractivity contribution in [2.45, 2.75) is 52.6 Å². The molecular formula is C12H26N2. The Morgan fingerprint density at radius 2 is 1.64 bits per heavy atom. The van der Waals surface area contributed by atoms with E-state index in [0.717, 1.165) is 12.1 Å². The molecule has 0 bridgehead atoms. The maximum Gasteiger partial charge on any atom is 0.0119 e. The second kappa shape index (κ2) is 5.72. The molecule has 0 aliphatic carbocycles. The van der Waals surface area contributed by atoms with E-state index in [-0.39, 0.29) is 0 Å². The number of hydrogen-bond donors (Lipinski definition) is 0. The van der Waals surface area contributed by atoms with E-state index in [4.69, 9.17) is 0 Å². The van der Waals surface area contributed by atoms with Crippen molar-refractivity contribution < 1.29 is 0 Å². The largest absolute Gasteiger partial charge is 0.301 e. The van der Waals surface area contributed by atoms with E-state index < -0.39 is 0 Å². The Labute approximate surface area is 89.3 Å². The van der Waals surface area contributed by atoms with Crippen LogP contribution in [0.25, 0.3) is 0 Å². The number of piperidine rings is 1. The van der Waals surface area contributed by atoms with Crippen molar-refractivity contribution in [3.63, 3.8) is 0 Å². The first kappa shape index (κ1) is 12.0. The van der Waals surface area contributed by atoms with Crippen LogP contribution >= 0.6 is 0 Å². The summed E-state index contributed by atoms with van der Waals surface area (Å²) in [7, 11) is 0. The summed E-state index contributed by atoms with van der Waals surface area (Å²) in [5.74, 6) is 0. The highest BCUT2D eigenvalue weighted by molar-refractivity contribution is 4.80. The molecule has 1 heterocycles. The van der Waals surface area contributed by atoms with Crippen molar-refractivity contribution in [3.8, 4) is 0 Å². The molecule has 0 aromatic carbocycles. The number of nitrogens with zero attached hydrogens (tertiary/aromatic N) is 2. The molecule has 0 aromatic heterocycles. The molecule has 1 aliphatic rings. The standard InChI is InChI=1S/C12H26N2/c1-5-13(6-2)12-7-9-14(10-8-12)11(3)4/h11-12H,5-10H2,1-4H3. The van der Waals surface area contributed by atoms with Gasteiger partial charge in [0, 0.05) is 12.1 Å². The van der Waals surface area contributed by atoms with Gasteiger partial charge in [-0.25, -0.2) is 0 Å². The molecule has 2 nitrogen and oxygen atoms in total. The van der Waals surface area contributed by atoms with Crippen molar-refractivity contribution in [3.05, 3.63) is 0 Å². The Morgan fingerprint density at radius 1 is 1.14 bits per heavy atom. The first-order valence-corrected chi connectivity index (χ1v) is 6.17. The lowest BCUT2D eigenvalue weighted by Gasteiger charge is -2.39. The van der Waals surface area contributed by atoms with Crippen LogP contribution in [-0.4, -0.2) is 48.1 Å². The quantitative estimate of drug-likeness (QED) is 0.683. The summed E-state index contributed by atoms with van der Waals surface area (Å²) in [6.07, 6.45) is 2.72. The Kier molecular flexibility index (Phi) is 4.90. The van der Waals surface area contributed by atoms with Gasteiger partial charge in [-0.1, -0.05) is 13.8 Å². The van der Waals surface area contributed by atoms with E-state index in [2.05, 4.69) is 37.5 Å². The summed E-state index contributed by atoms with van der Waals surface area (Å²) >= 11 is 0. The van der Waals surface area contributed by atoms with E-state index in [1.54, 1.807) is 0 Å². The molecule has 0 N–H and O–H groups in total. The summed E-state index contributed by atoms with van der Waals surface area (Å²) in [5.41, 5.74) is 0. The van der Waals surface area contributed by atoms with Crippen molar-refractivity contribution >= 4 is 0 Å². The van der Waals surface area contributed by atoms with Crippen LogP contribution in [0, 0.1) is 0 Å². The SMILES string of the molecule is CCN(CC)C1CCN(C(C)C)CC1. The lowest BCUT2D eigenvalue weighted by atomic mass is 10.0. The summed E-state index contributed by atoms with van der Waals surface area (Å²) in [6.45, 7) is 14.2. The molecule has 0 spiro atoms. The van der Waals surface area contributed by atoms with Crippen LogP contribution in [0.4, 0.5) is 0 Å². The van der Waals surface area contributed by atoms with Gasteiger partial charge in [-0.3, -0.25) is 0 Å². The Bertz CT molecular complexity index is 144. The normalized spacial score (nSPS) is 21.0. The molecular weight excluding hydrogens is 172 g/mol. The fourth-order valence-corrected chi connectivity index (χ4v) is 2.51. The first-order chi connectivity index (χ1) is 6.69. The van der Waals surface area contributed by atoms with E-state index in [9.17, 15) is 0 Å². The van der Waals surface area contributed by atoms with Crippen molar-refractivity contribution in [1.29, 1.82) is 0 Å². The van der Waals surface area contributed by atoms with E-state index in [1.165, 1.54) is 39.0 Å². The maximum atomic E-state index is 2.61. The van der Waals surface area contributed by atoms with Crippen molar-refractivity contribution in [2.75, 3.05) is 26.2 Å². The van der Waals surface area contributed by atoms with Crippen LogP contribution in [-0.2, 0) is 0 Å². The lowest BCUT2D eigenvalue weighted by molar-refractivity contribution is 0.0988. The van der Waals surface area contributed by atoms with E-state index in [0.29, 0.717) is 0 Å². The van der Waals surface area contributed by atoms with Crippen molar-refractivity contribution in [1.82, 2.24) is 9.80 Å².